The number of rotatable bonds is 2. The molecule has 0 saturated carbocycles. The molecule has 5 heterocycles. The van der Waals surface area contributed by atoms with Crippen LogP contribution in [0.4, 0.5) is 0 Å². The number of nitrogens with zero attached hydrogens (tertiary/aromatic N) is 2. The summed E-state index contributed by atoms with van der Waals surface area (Å²) in [5.74, 6) is -1.82. The first-order chi connectivity index (χ1) is 17.1. The van der Waals surface area contributed by atoms with E-state index in [-0.39, 0.29) is 11.9 Å². The van der Waals surface area contributed by atoms with Crippen molar-refractivity contribution in [3.05, 3.63) is 59.7 Å². The molecule has 1 saturated heterocycles. The van der Waals surface area contributed by atoms with Gasteiger partial charge < -0.3 is 29.8 Å². The van der Waals surface area contributed by atoms with Gasteiger partial charge in [0.25, 0.3) is 11.8 Å². The van der Waals surface area contributed by atoms with Gasteiger partial charge in [0.2, 0.25) is 0 Å². The second kappa shape index (κ2) is 6.41. The summed E-state index contributed by atoms with van der Waals surface area (Å²) >= 11 is 0. The van der Waals surface area contributed by atoms with Gasteiger partial charge in [0.1, 0.15) is 12.3 Å². The molecule has 2 aromatic heterocycles. The average molecular weight is 469 g/mol. The minimum absolute atomic E-state index is 0.0589. The maximum Gasteiger partial charge on any atom is 0.284 e. The Kier molecular flexibility index (Phi) is 3.63. The monoisotopic (exact) mass is 468 g/mol. The van der Waals surface area contributed by atoms with Crippen molar-refractivity contribution < 1.29 is 19.4 Å². The Morgan fingerprint density at radius 2 is 1.80 bits per heavy atom. The van der Waals surface area contributed by atoms with Crippen LogP contribution in [0.25, 0.3) is 43.6 Å². The Balaban J connectivity index is 1.72. The van der Waals surface area contributed by atoms with Gasteiger partial charge in [-0.2, -0.15) is 0 Å². The van der Waals surface area contributed by atoms with Crippen LogP contribution in [0.3, 0.4) is 0 Å². The third-order valence-electron chi connectivity index (χ3n) is 8.25. The highest BCUT2D eigenvalue weighted by Crippen LogP contribution is 2.52. The highest BCUT2D eigenvalue weighted by atomic mass is 16.7. The standard InChI is InChI=1S/C27H24N4O4/c1-28-16-11-19-30-17-9-5-3-7-13(17)21-22-15(12-29-26(22)32)20-14-8-4-6-10-18(14)31(24(20)23(21)30)27(33,35-19)25(16)34-2/h3-10,16,19,25,28,33H,11-12H2,1-2H3,(H,29,32)/t16-,19-,25-,27+/m1/s1. The Morgan fingerprint density at radius 1 is 1.09 bits per heavy atom. The van der Waals surface area contributed by atoms with Gasteiger partial charge in [-0.3, -0.25) is 9.36 Å². The lowest BCUT2D eigenvalue weighted by Crippen LogP contribution is -2.61. The maximum absolute atomic E-state index is 13.3. The lowest BCUT2D eigenvalue weighted by Gasteiger charge is -2.46. The third-order valence-corrected chi connectivity index (χ3v) is 8.25. The fraction of sp³-hybridized carbons (Fsp3) is 0.296. The van der Waals surface area contributed by atoms with Crippen molar-refractivity contribution in [3.8, 4) is 0 Å². The third kappa shape index (κ3) is 2.12. The molecule has 3 aromatic carbocycles. The number of nitrogens with one attached hydrogen (secondary N) is 2. The highest BCUT2D eigenvalue weighted by molar-refractivity contribution is 6.30. The van der Waals surface area contributed by atoms with E-state index >= 15 is 0 Å². The lowest BCUT2D eigenvalue weighted by molar-refractivity contribution is -0.368. The van der Waals surface area contributed by atoms with E-state index in [1.165, 1.54) is 0 Å². The number of likely N-dealkylation sites (N-methyl/N-ethyl adjacent to an activating group) is 1. The number of amides is 1. The molecule has 8 nitrogen and oxygen atoms in total. The van der Waals surface area contributed by atoms with Gasteiger partial charge in [-0.1, -0.05) is 36.4 Å². The topological polar surface area (TPSA) is 89.7 Å². The summed E-state index contributed by atoms with van der Waals surface area (Å²) in [6.07, 6.45) is -0.518. The van der Waals surface area contributed by atoms with Gasteiger partial charge in [-0.25, -0.2) is 0 Å². The highest BCUT2D eigenvalue weighted by Gasteiger charge is 2.55. The number of aliphatic hydroxyl groups is 1. The van der Waals surface area contributed by atoms with Crippen LogP contribution in [-0.2, 0) is 21.9 Å². The molecule has 0 spiro atoms. The van der Waals surface area contributed by atoms with Gasteiger partial charge in [-0.15, -0.1) is 0 Å². The fourth-order valence-corrected chi connectivity index (χ4v) is 6.95. The second-order valence-electron chi connectivity index (χ2n) is 9.74. The summed E-state index contributed by atoms with van der Waals surface area (Å²) in [6, 6.07) is 16.0. The van der Waals surface area contributed by atoms with Crippen LogP contribution in [0.5, 0.6) is 0 Å². The summed E-state index contributed by atoms with van der Waals surface area (Å²) in [5, 5.41) is 22.7. The van der Waals surface area contributed by atoms with Gasteiger partial charge in [0, 0.05) is 47.7 Å². The smallest absolute Gasteiger partial charge is 0.284 e. The Hall–Kier alpha value is -3.43. The van der Waals surface area contributed by atoms with E-state index in [0.29, 0.717) is 13.0 Å². The normalized spacial score (nSPS) is 27.3. The molecule has 3 N–H and O–H groups in total. The van der Waals surface area contributed by atoms with Crippen molar-refractivity contribution in [3.63, 3.8) is 0 Å². The fourth-order valence-electron chi connectivity index (χ4n) is 6.95. The largest absolute Gasteiger partial charge is 0.372 e. The number of aromatic nitrogens is 2. The molecule has 8 heteroatoms. The molecule has 1 amide bonds. The summed E-state index contributed by atoms with van der Waals surface area (Å²) in [6.45, 7) is 0.448. The first-order valence-corrected chi connectivity index (χ1v) is 12.0. The SMILES string of the molecule is CN[C@@H]1C[C@H]2O[C@@](O)([C@@H]1OC)n1c3ccccc3c3c4c(c5c6ccccc6n2c5c31)C(=O)NC4. The van der Waals surface area contributed by atoms with E-state index in [9.17, 15) is 9.90 Å². The van der Waals surface area contributed by atoms with Crippen molar-refractivity contribution in [1.82, 2.24) is 19.8 Å². The van der Waals surface area contributed by atoms with E-state index in [0.717, 1.165) is 54.7 Å². The van der Waals surface area contributed by atoms with E-state index in [1.54, 1.807) is 7.11 Å². The Bertz CT molecular complexity index is 1750. The molecule has 0 radical (unpaired) electrons. The molecular formula is C27H24N4O4. The zero-order valence-electron chi connectivity index (χ0n) is 19.3. The molecule has 35 heavy (non-hydrogen) atoms. The van der Waals surface area contributed by atoms with Crippen LogP contribution in [0.1, 0.15) is 28.6 Å². The van der Waals surface area contributed by atoms with Crippen molar-refractivity contribution in [2.45, 2.75) is 37.3 Å². The van der Waals surface area contributed by atoms with Crippen molar-refractivity contribution in [1.29, 1.82) is 0 Å². The quantitative estimate of drug-likeness (QED) is 0.370. The van der Waals surface area contributed by atoms with Crippen LogP contribution in [0.2, 0.25) is 0 Å². The van der Waals surface area contributed by atoms with Crippen LogP contribution in [0, 0.1) is 0 Å². The number of hydrogen-bond donors (Lipinski definition) is 3. The number of hydrogen-bond acceptors (Lipinski definition) is 5. The number of ether oxygens (including phenoxy) is 2. The lowest BCUT2D eigenvalue weighted by atomic mass is 9.97. The predicted molar refractivity (Wildman–Crippen MR) is 132 cm³/mol. The Labute approximate surface area is 200 Å². The van der Waals surface area contributed by atoms with Crippen LogP contribution >= 0.6 is 0 Å². The summed E-state index contributed by atoms with van der Waals surface area (Å²) in [4.78, 5) is 13.3. The average Bonchev–Trinajstić information content (AvgIpc) is 3.51. The predicted octanol–water partition coefficient (Wildman–Crippen LogP) is 3.28. The first kappa shape index (κ1) is 19.8. The second-order valence-corrected chi connectivity index (χ2v) is 9.74. The van der Waals surface area contributed by atoms with Crippen molar-refractivity contribution in [2.24, 2.45) is 0 Å². The zero-order chi connectivity index (χ0) is 23.6. The first-order valence-electron chi connectivity index (χ1n) is 12.0. The molecule has 0 unspecified atom stereocenters. The number of para-hydroxylation sites is 2. The van der Waals surface area contributed by atoms with Crippen molar-refractivity contribution in [2.75, 3.05) is 14.2 Å². The van der Waals surface area contributed by atoms with Gasteiger partial charge in [0.05, 0.1) is 27.6 Å². The number of fused-ring (bicyclic) bond motifs is 13. The zero-order valence-corrected chi connectivity index (χ0v) is 19.3. The summed E-state index contributed by atoms with van der Waals surface area (Å²) in [5.41, 5.74) is 5.30. The molecule has 4 atom stereocenters. The number of carbonyl (C=O) groups is 1. The minimum atomic E-state index is -1.76. The molecule has 3 aliphatic heterocycles. The molecule has 8 rings (SSSR count). The van der Waals surface area contributed by atoms with Crippen LogP contribution in [-0.4, -0.2) is 46.5 Å². The van der Waals surface area contributed by atoms with E-state index in [4.69, 9.17) is 9.47 Å². The Morgan fingerprint density at radius 3 is 2.54 bits per heavy atom. The van der Waals surface area contributed by atoms with E-state index < -0.39 is 18.2 Å². The van der Waals surface area contributed by atoms with Gasteiger partial charge in [0.15, 0.2) is 0 Å². The minimum Gasteiger partial charge on any atom is -0.372 e. The number of carbonyl (C=O) groups excluding carboxylic acids is 1. The maximum atomic E-state index is 13.3. The molecular weight excluding hydrogens is 444 g/mol. The molecule has 5 aromatic rings. The van der Waals surface area contributed by atoms with E-state index in [1.807, 2.05) is 41.9 Å². The molecule has 176 valence electrons. The molecule has 3 aliphatic rings. The van der Waals surface area contributed by atoms with E-state index in [2.05, 4.69) is 33.4 Å². The van der Waals surface area contributed by atoms with Crippen LogP contribution in [0.15, 0.2) is 48.5 Å². The van der Waals surface area contributed by atoms with Gasteiger partial charge in [-0.05, 0) is 24.7 Å². The molecule has 0 aliphatic carbocycles. The summed E-state index contributed by atoms with van der Waals surface area (Å²) < 4.78 is 16.7. The van der Waals surface area contributed by atoms with Crippen LogP contribution < -0.4 is 10.6 Å². The number of methoxy groups -OCH3 is 1. The summed E-state index contributed by atoms with van der Waals surface area (Å²) in [7, 11) is 3.50. The molecule has 1 fully saturated rings. The molecule has 2 bridgehead atoms. The van der Waals surface area contributed by atoms with Gasteiger partial charge >= 0.3 is 0 Å². The number of benzene rings is 3. The van der Waals surface area contributed by atoms with Crippen molar-refractivity contribution >= 4 is 49.5 Å².